The predicted molar refractivity (Wildman–Crippen MR) is 75.6 cm³/mol. The molecule has 1 rings (SSSR count). The molecule has 0 bridgehead atoms. The summed E-state index contributed by atoms with van der Waals surface area (Å²) in [6, 6.07) is 5.90. The number of halogens is 1. The number of carbonyl (C=O) groups is 1. The van der Waals surface area contributed by atoms with Crippen molar-refractivity contribution in [3.8, 4) is 11.8 Å². The van der Waals surface area contributed by atoms with Gasteiger partial charge >= 0.3 is 5.97 Å². The van der Waals surface area contributed by atoms with E-state index >= 15 is 0 Å². The number of hydrogen-bond acceptors (Lipinski definition) is 5. The van der Waals surface area contributed by atoms with Crippen molar-refractivity contribution in [2.24, 2.45) is 10.9 Å². The Morgan fingerprint density at radius 3 is 2.81 bits per heavy atom. The summed E-state index contributed by atoms with van der Waals surface area (Å²) >= 11 is 0. The van der Waals surface area contributed by atoms with Gasteiger partial charge in [-0.05, 0) is 31.5 Å². The van der Waals surface area contributed by atoms with E-state index in [9.17, 15) is 9.18 Å². The van der Waals surface area contributed by atoms with Crippen LogP contribution in [0.4, 0.5) is 4.39 Å². The van der Waals surface area contributed by atoms with Gasteiger partial charge < -0.3 is 9.47 Å². The third-order valence-electron chi connectivity index (χ3n) is 2.80. The van der Waals surface area contributed by atoms with Gasteiger partial charge in [0.05, 0.1) is 25.8 Å². The number of methoxy groups -OCH3 is 1. The molecular formula is C15H17FN2O3. The first kappa shape index (κ1) is 16.6. The van der Waals surface area contributed by atoms with Crippen LogP contribution in [-0.4, -0.2) is 25.9 Å². The van der Waals surface area contributed by atoms with Gasteiger partial charge in [0.25, 0.3) is 0 Å². The fraction of sp³-hybridized carbons (Fsp3) is 0.400. The van der Waals surface area contributed by atoms with Crippen molar-refractivity contribution in [1.82, 2.24) is 0 Å². The maximum atomic E-state index is 13.6. The van der Waals surface area contributed by atoms with Crippen LogP contribution in [0, 0.1) is 23.1 Å². The van der Waals surface area contributed by atoms with Crippen LogP contribution in [-0.2, 0) is 9.53 Å². The van der Waals surface area contributed by atoms with Gasteiger partial charge in [-0.3, -0.25) is 9.79 Å². The normalized spacial score (nSPS) is 13.5. The molecule has 6 heteroatoms. The van der Waals surface area contributed by atoms with Crippen molar-refractivity contribution in [3.05, 3.63) is 29.6 Å². The lowest BCUT2D eigenvalue weighted by atomic mass is 10.1. The molecule has 5 nitrogen and oxygen atoms in total. The van der Waals surface area contributed by atoms with E-state index < -0.39 is 23.7 Å². The van der Waals surface area contributed by atoms with E-state index in [1.807, 2.05) is 0 Å². The summed E-state index contributed by atoms with van der Waals surface area (Å²) in [6.45, 7) is 3.59. The first-order valence-corrected chi connectivity index (χ1v) is 6.46. The molecule has 0 aliphatic rings. The summed E-state index contributed by atoms with van der Waals surface area (Å²) in [6.07, 6.45) is 1.23. The monoisotopic (exact) mass is 292 g/mol. The molecule has 1 aromatic carbocycles. The lowest BCUT2D eigenvalue weighted by Gasteiger charge is -2.09. The van der Waals surface area contributed by atoms with Crippen LogP contribution in [0.15, 0.2) is 23.2 Å². The highest BCUT2D eigenvalue weighted by atomic mass is 19.1. The molecule has 21 heavy (non-hydrogen) atoms. The van der Waals surface area contributed by atoms with Crippen molar-refractivity contribution in [1.29, 1.82) is 5.26 Å². The van der Waals surface area contributed by atoms with Crippen LogP contribution in [0.5, 0.6) is 5.75 Å². The Hall–Kier alpha value is -2.42. The maximum Gasteiger partial charge on any atom is 0.328 e. The van der Waals surface area contributed by atoms with Gasteiger partial charge in [-0.15, -0.1) is 0 Å². The molecule has 2 atom stereocenters. The largest absolute Gasteiger partial charge is 0.494 e. The molecule has 0 saturated carbocycles. The average Bonchev–Trinajstić information content (AvgIpc) is 2.47. The molecule has 0 aliphatic heterocycles. The van der Waals surface area contributed by atoms with E-state index in [1.54, 1.807) is 26.0 Å². The second-order valence-electron chi connectivity index (χ2n) is 4.23. The second kappa shape index (κ2) is 8.00. The summed E-state index contributed by atoms with van der Waals surface area (Å²) in [5.41, 5.74) is 0.616. The van der Waals surface area contributed by atoms with E-state index in [1.165, 1.54) is 25.5 Å². The van der Waals surface area contributed by atoms with Crippen LogP contribution in [0.25, 0.3) is 0 Å². The fourth-order valence-electron chi connectivity index (χ4n) is 1.62. The predicted octanol–water partition coefficient (Wildman–Crippen LogP) is 2.67. The van der Waals surface area contributed by atoms with Crippen molar-refractivity contribution in [2.75, 3.05) is 13.7 Å². The summed E-state index contributed by atoms with van der Waals surface area (Å²) in [5.74, 6) is -2.04. The first-order valence-electron chi connectivity index (χ1n) is 6.46. The smallest absolute Gasteiger partial charge is 0.328 e. The molecule has 0 N–H and O–H groups in total. The number of hydrogen-bond donors (Lipinski definition) is 0. The third-order valence-corrected chi connectivity index (χ3v) is 2.80. The highest BCUT2D eigenvalue weighted by molar-refractivity contribution is 5.92. The van der Waals surface area contributed by atoms with Crippen LogP contribution in [0.2, 0.25) is 0 Å². The van der Waals surface area contributed by atoms with Crippen LogP contribution < -0.4 is 4.74 Å². The Kier molecular flexibility index (Phi) is 6.34. The molecule has 0 fully saturated rings. The number of nitriles is 1. The first-order chi connectivity index (χ1) is 10.0. The van der Waals surface area contributed by atoms with Gasteiger partial charge in [-0.25, -0.2) is 4.39 Å². The van der Waals surface area contributed by atoms with E-state index in [4.69, 9.17) is 14.7 Å². The summed E-state index contributed by atoms with van der Waals surface area (Å²) < 4.78 is 23.2. The molecule has 0 heterocycles. The van der Waals surface area contributed by atoms with E-state index in [-0.39, 0.29) is 12.4 Å². The Labute approximate surface area is 123 Å². The lowest BCUT2D eigenvalue weighted by Crippen LogP contribution is -2.17. The zero-order chi connectivity index (χ0) is 15.8. The van der Waals surface area contributed by atoms with E-state index in [0.29, 0.717) is 5.56 Å². The Morgan fingerprint density at radius 2 is 2.29 bits per heavy atom. The van der Waals surface area contributed by atoms with Crippen molar-refractivity contribution >= 4 is 12.2 Å². The van der Waals surface area contributed by atoms with Gasteiger partial charge in [0.2, 0.25) is 0 Å². The molecule has 0 aromatic heterocycles. The number of carbonyl (C=O) groups excluding carboxylic acids is 1. The molecular weight excluding hydrogens is 275 g/mol. The van der Waals surface area contributed by atoms with E-state index in [0.717, 1.165) is 0 Å². The maximum absolute atomic E-state index is 13.6. The van der Waals surface area contributed by atoms with Crippen LogP contribution in [0.3, 0.4) is 0 Å². The summed E-state index contributed by atoms with van der Waals surface area (Å²) in [4.78, 5) is 15.6. The average molecular weight is 292 g/mol. The number of rotatable bonds is 6. The summed E-state index contributed by atoms with van der Waals surface area (Å²) in [7, 11) is 1.39. The highest BCUT2D eigenvalue weighted by Gasteiger charge is 2.17. The van der Waals surface area contributed by atoms with Crippen LogP contribution in [0.1, 0.15) is 25.5 Å². The van der Waals surface area contributed by atoms with Crippen molar-refractivity contribution < 1.29 is 18.7 Å². The lowest BCUT2D eigenvalue weighted by molar-refractivity contribution is -0.143. The Bertz CT molecular complexity index is 567. The zero-order valence-corrected chi connectivity index (χ0v) is 12.2. The quantitative estimate of drug-likeness (QED) is 0.597. The molecule has 0 spiro atoms. The zero-order valence-electron chi connectivity index (χ0n) is 12.2. The van der Waals surface area contributed by atoms with Gasteiger partial charge in [-0.2, -0.15) is 5.26 Å². The Morgan fingerprint density at radius 1 is 1.57 bits per heavy atom. The van der Waals surface area contributed by atoms with E-state index in [2.05, 4.69) is 4.99 Å². The van der Waals surface area contributed by atoms with Gasteiger partial charge in [0.15, 0.2) is 17.5 Å². The van der Waals surface area contributed by atoms with Gasteiger partial charge in [0.1, 0.15) is 0 Å². The SMILES string of the molecule is CCOC(=O)[C@@H](C#N)C=N[C@H](C)c1ccc(OC)c(F)c1. The number of esters is 1. The Balaban J connectivity index is 2.82. The number of nitrogens with zero attached hydrogens (tertiary/aromatic N) is 2. The molecule has 0 saturated heterocycles. The molecule has 112 valence electrons. The minimum absolute atomic E-state index is 0.149. The third kappa shape index (κ3) is 4.56. The van der Waals surface area contributed by atoms with Crippen molar-refractivity contribution in [3.63, 3.8) is 0 Å². The molecule has 0 radical (unpaired) electrons. The van der Waals surface area contributed by atoms with Crippen molar-refractivity contribution in [2.45, 2.75) is 19.9 Å². The van der Waals surface area contributed by atoms with Gasteiger partial charge in [-0.1, -0.05) is 6.07 Å². The molecule has 0 aliphatic carbocycles. The van der Waals surface area contributed by atoms with Gasteiger partial charge in [0, 0.05) is 6.21 Å². The molecule has 1 aromatic rings. The summed E-state index contributed by atoms with van der Waals surface area (Å²) in [5, 5.41) is 8.90. The minimum Gasteiger partial charge on any atom is -0.494 e. The number of benzene rings is 1. The molecule has 0 amide bonds. The number of ether oxygens (including phenoxy) is 2. The second-order valence-corrected chi connectivity index (χ2v) is 4.23. The highest BCUT2D eigenvalue weighted by Crippen LogP contribution is 2.23. The fourth-order valence-corrected chi connectivity index (χ4v) is 1.62. The molecule has 0 unspecified atom stereocenters. The topological polar surface area (TPSA) is 71.7 Å². The number of aliphatic imine (C=N–C) groups is 1. The minimum atomic E-state index is -1.06. The standard InChI is InChI=1S/C15H17FN2O3/c1-4-21-15(19)12(8-17)9-18-10(2)11-5-6-14(20-3)13(16)7-11/h5-7,9-10,12H,4H2,1-3H3/t10-,12+/m1/s1. The van der Waals surface area contributed by atoms with Crippen LogP contribution >= 0.6 is 0 Å².